The van der Waals surface area contributed by atoms with Gasteiger partial charge in [-0.3, -0.25) is 0 Å². The Balaban J connectivity index is 2.75. The van der Waals surface area contributed by atoms with Crippen LogP contribution in [0.4, 0.5) is 0 Å². The van der Waals surface area contributed by atoms with Crippen LogP contribution >= 0.6 is 0 Å². The van der Waals surface area contributed by atoms with Gasteiger partial charge in [0.2, 0.25) is 5.88 Å². The van der Waals surface area contributed by atoms with Crippen LogP contribution < -0.4 is 0 Å². The minimum Gasteiger partial charge on any atom is -0.481 e. The maximum Gasteiger partial charge on any atom is 0.208 e. The molecule has 0 aromatic carbocycles. The standard InChI is InChI=1S/C8H13NO/c1-8(2)4-5-9-7(6-8)10-3/h5-6H,4H2,1-3H3. The van der Waals surface area contributed by atoms with E-state index < -0.39 is 0 Å². The molecule has 2 heteroatoms. The smallest absolute Gasteiger partial charge is 0.208 e. The molecule has 56 valence electrons. The van der Waals surface area contributed by atoms with Gasteiger partial charge in [-0.05, 0) is 17.9 Å². The van der Waals surface area contributed by atoms with Crippen molar-refractivity contribution in [2.45, 2.75) is 20.3 Å². The lowest BCUT2D eigenvalue weighted by Gasteiger charge is -2.21. The average molecular weight is 139 g/mol. The van der Waals surface area contributed by atoms with Gasteiger partial charge in [0.25, 0.3) is 0 Å². The fourth-order valence-corrected chi connectivity index (χ4v) is 0.913. The molecule has 0 aromatic heterocycles. The van der Waals surface area contributed by atoms with Gasteiger partial charge in [-0.25, -0.2) is 4.99 Å². The molecule has 0 N–H and O–H groups in total. The summed E-state index contributed by atoms with van der Waals surface area (Å²) in [6, 6.07) is 0. The second-order valence-corrected chi connectivity index (χ2v) is 3.19. The zero-order valence-corrected chi connectivity index (χ0v) is 6.72. The highest BCUT2D eigenvalue weighted by Crippen LogP contribution is 2.26. The molecule has 0 fully saturated rings. The molecule has 10 heavy (non-hydrogen) atoms. The van der Waals surface area contributed by atoms with Gasteiger partial charge in [-0.15, -0.1) is 0 Å². The SMILES string of the molecule is COC1=CC(C)(C)CC=N1. The van der Waals surface area contributed by atoms with Crippen molar-refractivity contribution in [3.63, 3.8) is 0 Å². The third-order valence-corrected chi connectivity index (χ3v) is 1.56. The van der Waals surface area contributed by atoms with Crippen LogP contribution in [0, 0.1) is 5.41 Å². The van der Waals surface area contributed by atoms with E-state index >= 15 is 0 Å². The van der Waals surface area contributed by atoms with Crippen LogP contribution in [0.25, 0.3) is 0 Å². The molecule has 1 aliphatic heterocycles. The molecule has 0 saturated carbocycles. The van der Waals surface area contributed by atoms with Gasteiger partial charge in [0.15, 0.2) is 0 Å². The zero-order chi connectivity index (χ0) is 7.61. The summed E-state index contributed by atoms with van der Waals surface area (Å²) in [7, 11) is 1.64. The van der Waals surface area contributed by atoms with Gasteiger partial charge in [0.05, 0.1) is 7.11 Å². The van der Waals surface area contributed by atoms with E-state index in [-0.39, 0.29) is 5.41 Å². The Morgan fingerprint density at radius 2 is 2.30 bits per heavy atom. The maximum absolute atomic E-state index is 4.99. The molecule has 0 aliphatic carbocycles. The summed E-state index contributed by atoms with van der Waals surface area (Å²) < 4.78 is 4.99. The van der Waals surface area contributed by atoms with E-state index in [0.717, 1.165) is 12.3 Å². The van der Waals surface area contributed by atoms with Crippen molar-refractivity contribution in [3.05, 3.63) is 12.0 Å². The van der Waals surface area contributed by atoms with Crippen LogP contribution in [0.15, 0.2) is 17.0 Å². The number of ether oxygens (including phenoxy) is 1. The van der Waals surface area contributed by atoms with Crippen molar-refractivity contribution < 1.29 is 4.74 Å². The van der Waals surface area contributed by atoms with Gasteiger partial charge in [0.1, 0.15) is 0 Å². The lowest BCUT2D eigenvalue weighted by atomic mass is 9.89. The summed E-state index contributed by atoms with van der Waals surface area (Å²) in [5.41, 5.74) is 0.215. The van der Waals surface area contributed by atoms with Crippen molar-refractivity contribution in [1.29, 1.82) is 0 Å². The molecule has 2 nitrogen and oxygen atoms in total. The van der Waals surface area contributed by atoms with Gasteiger partial charge < -0.3 is 4.74 Å². The number of hydrogen-bond donors (Lipinski definition) is 0. The number of rotatable bonds is 1. The first kappa shape index (κ1) is 7.32. The lowest BCUT2D eigenvalue weighted by Crippen LogP contribution is -2.12. The molecule has 1 aliphatic rings. The van der Waals surface area contributed by atoms with Gasteiger partial charge >= 0.3 is 0 Å². The van der Waals surface area contributed by atoms with E-state index in [0.29, 0.717) is 0 Å². The third kappa shape index (κ3) is 1.59. The number of allylic oxidation sites excluding steroid dienone is 1. The molecule has 0 atom stereocenters. The predicted molar refractivity (Wildman–Crippen MR) is 42.0 cm³/mol. The first-order valence-corrected chi connectivity index (χ1v) is 3.43. The number of methoxy groups -OCH3 is 1. The molecular weight excluding hydrogens is 126 g/mol. The van der Waals surface area contributed by atoms with E-state index in [1.165, 1.54) is 0 Å². The third-order valence-electron chi connectivity index (χ3n) is 1.56. The fraction of sp³-hybridized carbons (Fsp3) is 0.625. The lowest BCUT2D eigenvalue weighted by molar-refractivity contribution is 0.274. The van der Waals surface area contributed by atoms with E-state index in [4.69, 9.17) is 4.74 Å². The van der Waals surface area contributed by atoms with Crippen LogP contribution in [0.1, 0.15) is 20.3 Å². The minimum absolute atomic E-state index is 0.215. The summed E-state index contributed by atoms with van der Waals surface area (Å²) in [5, 5.41) is 0. The van der Waals surface area contributed by atoms with Gasteiger partial charge in [-0.1, -0.05) is 13.8 Å². The van der Waals surface area contributed by atoms with Gasteiger partial charge in [0, 0.05) is 6.21 Å². The normalized spacial score (nSPS) is 22.1. The van der Waals surface area contributed by atoms with Crippen LogP contribution in [0.5, 0.6) is 0 Å². The van der Waals surface area contributed by atoms with Crippen molar-refractivity contribution in [3.8, 4) is 0 Å². The van der Waals surface area contributed by atoms with E-state index in [1.54, 1.807) is 7.11 Å². The second-order valence-electron chi connectivity index (χ2n) is 3.19. The topological polar surface area (TPSA) is 21.6 Å². The predicted octanol–water partition coefficient (Wildman–Crippen LogP) is 1.97. The Labute approximate surface area is 61.6 Å². The van der Waals surface area contributed by atoms with Crippen LogP contribution in [-0.4, -0.2) is 13.3 Å². The second kappa shape index (κ2) is 2.45. The quantitative estimate of drug-likeness (QED) is 0.544. The number of hydrogen-bond acceptors (Lipinski definition) is 2. The monoisotopic (exact) mass is 139 g/mol. The molecule has 0 saturated heterocycles. The van der Waals surface area contributed by atoms with Crippen molar-refractivity contribution in [1.82, 2.24) is 0 Å². The molecule has 0 aromatic rings. The van der Waals surface area contributed by atoms with Crippen molar-refractivity contribution in [2.24, 2.45) is 10.4 Å². The fourth-order valence-electron chi connectivity index (χ4n) is 0.913. The first-order chi connectivity index (χ1) is 4.64. The molecule has 1 heterocycles. The van der Waals surface area contributed by atoms with Gasteiger partial charge in [-0.2, -0.15) is 0 Å². The van der Waals surface area contributed by atoms with E-state index in [2.05, 4.69) is 18.8 Å². The summed E-state index contributed by atoms with van der Waals surface area (Å²) in [6.45, 7) is 4.33. The Bertz CT molecular complexity index is 180. The van der Waals surface area contributed by atoms with E-state index in [1.807, 2.05) is 12.3 Å². The Hall–Kier alpha value is -0.790. The highest BCUT2D eigenvalue weighted by atomic mass is 16.5. The molecule has 0 unspecified atom stereocenters. The highest BCUT2D eigenvalue weighted by Gasteiger charge is 2.17. The molecule has 0 amide bonds. The highest BCUT2D eigenvalue weighted by molar-refractivity contribution is 5.61. The van der Waals surface area contributed by atoms with Crippen LogP contribution in [-0.2, 0) is 4.74 Å². The summed E-state index contributed by atoms with van der Waals surface area (Å²) >= 11 is 0. The minimum atomic E-state index is 0.215. The number of nitrogens with zero attached hydrogens (tertiary/aromatic N) is 1. The van der Waals surface area contributed by atoms with Crippen LogP contribution in [0.2, 0.25) is 0 Å². The Morgan fingerprint density at radius 3 is 2.70 bits per heavy atom. The molecule has 0 bridgehead atoms. The summed E-state index contributed by atoms with van der Waals surface area (Å²) in [4.78, 5) is 4.06. The van der Waals surface area contributed by atoms with Crippen molar-refractivity contribution >= 4 is 6.21 Å². The first-order valence-electron chi connectivity index (χ1n) is 3.43. The summed E-state index contributed by atoms with van der Waals surface area (Å²) in [6.07, 6.45) is 4.95. The molecule has 0 radical (unpaired) electrons. The zero-order valence-electron chi connectivity index (χ0n) is 6.72. The van der Waals surface area contributed by atoms with Crippen molar-refractivity contribution in [2.75, 3.05) is 7.11 Å². The largest absolute Gasteiger partial charge is 0.481 e. The average Bonchev–Trinajstić information content (AvgIpc) is 1.86. The van der Waals surface area contributed by atoms with Crippen LogP contribution in [0.3, 0.4) is 0 Å². The Morgan fingerprint density at radius 1 is 1.60 bits per heavy atom. The molecule has 0 spiro atoms. The number of aliphatic imine (C=N–C) groups is 1. The summed E-state index contributed by atoms with van der Waals surface area (Å²) in [5.74, 6) is 0.733. The molecule has 1 rings (SSSR count). The Kier molecular flexibility index (Phi) is 1.79. The van der Waals surface area contributed by atoms with E-state index in [9.17, 15) is 0 Å². The maximum atomic E-state index is 4.99. The molecular formula is C8H13NO.